The first-order chi connectivity index (χ1) is 8.65. The summed E-state index contributed by atoms with van der Waals surface area (Å²) in [4.78, 5) is 11.8. The zero-order valence-corrected chi connectivity index (χ0v) is 10.7. The first kappa shape index (κ1) is 12.5. The minimum absolute atomic E-state index is 0.176. The van der Waals surface area contributed by atoms with Crippen molar-refractivity contribution in [3.63, 3.8) is 0 Å². The molecule has 0 fully saturated rings. The Morgan fingerprint density at radius 2 is 1.61 bits per heavy atom. The van der Waals surface area contributed by atoms with Crippen molar-refractivity contribution in [3.05, 3.63) is 64.7 Å². The van der Waals surface area contributed by atoms with Crippen LogP contribution in [0.1, 0.15) is 15.9 Å². The van der Waals surface area contributed by atoms with Crippen LogP contribution in [-0.4, -0.2) is 5.91 Å². The zero-order chi connectivity index (χ0) is 13.0. The van der Waals surface area contributed by atoms with E-state index in [9.17, 15) is 4.79 Å². The van der Waals surface area contributed by atoms with Crippen LogP contribution in [0.25, 0.3) is 0 Å². The second-order valence-electron chi connectivity index (χ2n) is 3.95. The first-order valence-corrected chi connectivity index (χ1v) is 5.91. The number of nitrogens with one attached hydrogen (secondary N) is 2. The van der Waals surface area contributed by atoms with E-state index in [-0.39, 0.29) is 5.91 Å². The van der Waals surface area contributed by atoms with Crippen LogP contribution in [-0.2, 0) is 0 Å². The van der Waals surface area contributed by atoms with Crippen molar-refractivity contribution in [2.24, 2.45) is 0 Å². The molecule has 2 aromatic rings. The molecule has 0 radical (unpaired) electrons. The molecule has 0 aromatic heterocycles. The highest BCUT2D eigenvalue weighted by molar-refractivity contribution is 6.30. The lowest BCUT2D eigenvalue weighted by Gasteiger charge is -2.08. The van der Waals surface area contributed by atoms with Gasteiger partial charge in [-0.2, -0.15) is 0 Å². The van der Waals surface area contributed by atoms with E-state index in [2.05, 4.69) is 10.9 Å². The van der Waals surface area contributed by atoms with Crippen LogP contribution in [0.4, 0.5) is 5.69 Å². The van der Waals surface area contributed by atoms with Gasteiger partial charge < -0.3 is 0 Å². The average Bonchev–Trinajstić information content (AvgIpc) is 2.38. The summed E-state index contributed by atoms with van der Waals surface area (Å²) in [6.45, 7) is 1.98. The number of carbonyl (C=O) groups is 1. The van der Waals surface area contributed by atoms with Crippen LogP contribution in [0.2, 0.25) is 5.02 Å². The average molecular weight is 261 g/mol. The Labute approximate surface area is 111 Å². The number of hydrogen-bond acceptors (Lipinski definition) is 2. The molecule has 0 aliphatic rings. The molecule has 18 heavy (non-hydrogen) atoms. The van der Waals surface area contributed by atoms with Crippen LogP contribution < -0.4 is 10.9 Å². The fourth-order valence-electron chi connectivity index (χ4n) is 1.44. The number of rotatable bonds is 3. The molecule has 2 N–H and O–H groups in total. The lowest BCUT2D eigenvalue weighted by Crippen LogP contribution is -2.29. The number of aryl methyl sites for hydroxylation is 1. The quantitative estimate of drug-likeness (QED) is 0.831. The summed E-state index contributed by atoms with van der Waals surface area (Å²) in [7, 11) is 0. The summed E-state index contributed by atoms with van der Waals surface area (Å²) >= 11 is 5.77. The molecular weight excluding hydrogens is 248 g/mol. The van der Waals surface area contributed by atoms with Gasteiger partial charge in [-0.1, -0.05) is 29.3 Å². The van der Waals surface area contributed by atoms with Crippen LogP contribution in [0.15, 0.2) is 48.5 Å². The molecule has 0 unspecified atom stereocenters. The van der Waals surface area contributed by atoms with E-state index in [1.54, 1.807) is 36.4 Å². The van der Waals surface area contributed by atoms with E-state index in [1.807, 2.05) is 19.1 Å². The van der Waals surface area contributed by atoms with E-state index in [4.69, 9.17) is 11.6 Å². The van der Waals surface area contributed by atoms with Crippen molar-refractivity contribution in [1.82, 2.24) is 5.43 Å². The molecule has 2 aromatic carbocycles. The molecule has 0 saturated carbocycles. The number of carbonyl (C=O) groups excluding carboxylic acids is 1. The summed E-state index contributed by atoms with van der Waals surface area (Å²) in [5.74, 6) is -0.176. The maximum atomic E-state index is 11.8. The molecule has 1 amide bonds. The number of benzene rings is 2. The van der Waals surface area contributed by atoms with Crippen molar-refractivity contribution < 1.29 is 4.79 Å². The van der Waals surface area contributed by atoms with E-state index < -0.39 is 0 Å². The highest BCUT2D eigenvalue weighted by atomic mass is 35.5. The van der Waals surface area contributed by atoms with Crippen molar-refractivity contribution in [2.75, 3.05) is 5.43 Å². The van der Waals surface area contributed by atoms with E-state index >= 15 is 0 Å². The van der Waals surface area contributed by atoms with Crippen LogP contribution in [0.5, 0.6) is 0 Å². The molecule has 0 heterocycles. The Balaban J connectivity index is 1.96. The molecule has 0 spiro atoms. The molecule has 0 bridgehead atoms. The topological polar surface area (TPSA) is 41.1 Å². The SMILES string of the molecule is Cc1ccc(C(=O)NNc2ccc(Cl)cc2)cc1. The highest BCUT2D eigenvalue weighted by Crippen LogP contribution is 2.12. The molecule has 0 aliphatic heterocycles. The summed E-state index contributed by atoms with van der Waals surface area (Å²) in [6, 6.07) is 14.5. The second-order valence-corrected chi connectivity index (χ2v) is 4.39. The Morgan fingerprint density at radius 1 is 1.00 bits per heavy atom. The predicted octanol–water partition coefficient (Wildman–Crippen LogP) is 3.41. The molecule has 3 nitrogen and oxygen atoms in total. The second kappa shape index (κ2) is 5.56. The summed E-state index contributed by atoms with van der Waals surface area (Å²) in [6.07, 6.45) is 0. The standard InChI is InChI=1S/C14H13ClN2O/c1-10-2-4-11(5-3-10)14(18)17-16-13-8-6-12(15)7-9-13/h2-9,16H,1H3,(H,17,18). The van der Waals surface area contributed by atoms with Crippen LogP contribution in [0, 0.1) is 6.92 Å². The van der Waals surface area contributed by atoms with Gasteiger partial charge in [-0.05, 0) is 43.3 Å². The third-order valence-corrected chi connectivity index (χ3v) is 2.73. The summed E-state index contributed by atoms with van der Waals surface area (Å²) < 4.78 is 0. The molecular formula is C14H13ClN2O. The third-order valence-electron chi connectivity index (χ3n) is 2.48. The normalized spacial score (nSPS) is 9.89. The molecule has 0 saturated heterocycles. The smallest absolute Gasteiger partial charge is 0.269 e. The Kier molecular flexibility index (Phi) is 3.85. The number of amides is 1. The van der Waals surface area contributed by atoms with Gasteiger partial charge in [0, 0.05) is 10.6 Å². The van der Waals surface area contributed by atoms with Crippen molar-refractivity contribution in [3.8, 4) is 0 Å². The van der Waals surface area contributed by atoms with E-state index in [0.29, 0.717) is 10.6 Å². The van der Waals surface area contributed by atoms with Gasteiger partial charge in [0.05, 0.1) is 5.69 Å². The number of hydrogen-bond donors (Lipinski definition) is 2. The number of hydrazine groups is 1. The van der Waals surface area contributed by atoms with Gasteiger partial charge in [-0.15, -0.1) is 0 Å². The van der Waals surface area contributed by atoms with Gasteiger partial charge in [0.2, 0.25) is 0 Å². The van der Waals surface area contributed by atoms with Crippen molar-refractivity contribution in [1.29, 1.82) is 0 Å². The van der Waals surface area contributed by atoms with Crippen LogP contribution in [0.3, 0.4) is 0 Å². The molecule has 0 aliphatic carbocycles. The van der Waals surface area contributed by atoms with Gasteiger partial charge in [0.1, 0.15) is 0 Å². The van der Waals surface area contributed by atoms with Gasteiger partial charge in [-0.25, -0.2) is 0 Å². The Bertz CT molecular complexity index is 535. The van der Waals surface area contributed by atoms with Crippen molar-refractivity contribution >= 4 is 23.2 Å². The Morgan fingerprint density at radius 3 is 2.22 bits per heavy atom. The monoisotopic (exact) mass is 260 g/mol. The number of halogens is 1. The van der Waals surface area contributed by atoms with Gasteiger partial charge >= 0.3 is 0 Å². The van der Waals surface area contributed by atoms with E-state index in [0.717, 1.165) is 11.3 Å². The molecule has 2 rings (SSSR count). The molecule has 92 valence electrons. The minimum atomic E-state index is -0.176. The zero-order valence-electron chi connectivity index (χ0n) is 9.91. The lowest BCUT2D eigenvalue weighted by molar-refractivity contribution is 0.0962. The maximum absolute atomic E-state index is 11.8. The number of anilines is 1. The van der Waals surface area contributed by atoms with E-state index in [1.165, 1.54) is 0 Å². The third kappa shape index (κ3) is 3.25. The van der Waals surface area contributed by atoms with Crippen LogP contribution >= 0.6 is 11.6 Å². The summed E-state index contributed by atoms with van der Waals surface area (Å²) in [5.41, 5.74) is 7.96. The fourth-order valence-corrected chi connectivity index (χ4v) is 1.57. The highest BCUT2D eigenvalue weighted by Gasteiger charge is 2.03. The maximum Gasteiger partial charge on any atom is 0.269 e. The Hall–Kier alpha value is -2.00. The van der Waals surface area contributed by atoms with Gasteiger partial charge in [0.15, 0.2) is 0 Å². The molecule has 4 heteroatoms. The minimum Gasteiger partial charge on any atom is -0.298 e. The largest absolute Gasteiger partial charge is 0.298 e. The van der Waals surface area contributed by atoms with Crippen molar-refractivity contribution in [2.45, 2.75) is 6.92 Å². The predicted molar refractivity (Wildman–Crippen MR) is 73.7 cm³/mol. The first-order valence-electron chi connectivity index (χ1n) is 5.54. The lowest BCUT2D eigenvalue weighted by atomic mass is 10.1. The summed E-state index contributed by atoms with van der Waals surface area (Å²) in [5, 5.41) is 0.658. The van der Waals surface area contributed by atoms with Gasteiger partial charge in [0.25, 0.3) is 5.91 Å². The molecule has 0 atom stereocenters. The fraction of sp³-hybridized carbons (Fsp3) is 0.0714. The van der Waals surface area contributed by atoms with Gasteiger partial charge in [-0.3, -0.25) is 15.6 Å².